The molecule has 0 unspecified atom stereocenters. The van der Waals surface area contributed by atoms with Gasteiger partial charge in [0.1, 0.15) is 11.5 Å². The molecular formula is C16H17NO2S. The monoisotopic (exact) mass is 287 g/mol. The van der Waals surface area contributed by atoms with Crippen molar-refractivity contribution in [3.05, 3.63) is 39.8 Å². The first-order valence-corrected chi connectivity index (χ1v) is 7.80. The number of nitrogens with zero attached hydrogens (tertiary/aromatic N) is 1. The predicted octanol–water partition coefficient (Wildman–Crippen LogP) is 4.38. The Balaban J connectivity index is 1.87. The fraction of sp³-hybridized carbons (Fsp3) is 0.312. The molecule has 0 aliphatic heterocycles. The first kappa shape index (κ1) is 13.2. The van der Waals surface area contributed by atoms with Crippen molar-refractivity contribution in [3.63, 3.8) is 0 Å². The van der Waals surface area contributed by atoms with Crippen LogP contribution in [-0.2, 0) is 0 Å². The Kier molecular flexibility index (Phi) is 3.74. The largest absolute Gasteiger partial charge is 0.507 e. The average molecular weight is 287 g/mol. The van der Waals surface area contributed by atoms with E-state index >= 15 is 0 Å². The molecule has 20 heavy (non-hydrogen) atoms. The number of benzene rings is 1. The van der Waals surface area contributed by atoms with Gasteiger partial charge in [-0.1, -0.05) is 18.9 Å². The fourth-order valence-corrected chi connectivity index (χ4v) is 3.38. The van der Waals surface area contributed by atoms with Gasteiger partial charge >= 0.3 is 0 Å². The molecule has 0 saturated heterocycles. The van der Waals surface area contributed by atoms with E-state index in [0.717, 1.165) is 24.1 Å². The van der Waals surface area contributed by atoms with Crippen LogP contribution < -0.4 is 0 Å². The second-order valence-corrected chi connectivity index (χ2v) is 5.92. The zero-order valence-electron chi connectivity index (χ0n) is 11.1. The van der Waals surface area contributed by atoms with Crippen molar-refractivity contribution in [2.24, 2.45) is 0 Å². The number of thiazole rings is 1. The molecule has 104 valence electrons. The van der Waals surface area contributed by atoms with Crippen molar-refractivity contribution in [1.82, 2.24) is 4.98 Å². The molecular weight excluding hydrogens is 270 g/mol. The first-order chi connectivity index (χ1) is 9.74. The van der Waals surface area contributed by atoms with Crippen molar-refractivity contribution in [2.45, 2.75) is 31.6 Å². The van der Waals surface area contributed by atoms with E-state index in [0.29, 0.717) is 11.5 Å². The maximum Gasteiger partial charge on any atom is 0.123 e. The number of rotatable bonds is 3. The van der Waals surface area contributed by atoms with Crippen LogP contribution in [0.5, 0.6) is 11.5 Å². The van der Waals surface area contributed by atoms with Gasteiger partial charge in [-0.05, 0) is 42.5 Å². The molecule has 3 nitrogen and oxygen atoms in total. The van der Waals surface area contributed by atoms with Gasteiger partial charge in [-0.25, -0.2) is 4.98 Å². The van der Waals surface area contributed by atoms with Crippen LogP contribution in [-0.4, -0.2) is 15.2 Å². The third kappa shape index (κ3) is 2.70. The minimum atomic E-state index is 0.204. The van der Waals surface area contributed by atoms with Crippen molar-refractivity contribution < 1.29 is 10.2 Å². The van der Waals surface area contributed by atoms with Crippen LogP contribution in [0.1, 0.15) is 48.4 Å². The molecule has 1 saturated carbocycles. The Labute approximate surface area is 122 Å². The molecule has 1 aliphatic rings. The summed E-state index contributed by atoms with van der Waals surface area (Å²) >= 11 is 1.54. The summed E-state index contributed by atoms with van der Waals surface area (Å²) in [7, 11) is 0. The number of aromatic hydroxyl groups is 2. The third-order valence-corrected chi connectivity index (χ3v) is 4.42. The summed E-state index contributed by atoms with van der Waals surface area (Å²) in [6.07, 6.45) is 8.18. The van der Waals surface area contributed by atoms with Gasteiger partial charge in [0.05, 0.1) is 11.2 Å². The second kappa shape index (κ2) is 5.67. The van der Waals surface area contributed by atoms with Gasteiger partial charge in [0.15, 0.2) is 0 Å². The van der Waals surface area contributed by atoms with E-state index in [9.17, 15) is 10.2 Å². The van der Waals surface area contributed by atoms with Crippen molar-refractivity contribution in [2.75, 3.05) is 0 Å². The number of hydrogen-bond acceptors (Lipinski definition) is 4. The molecule has 1 aliphatic carbocycles. The molecule has 0 atom stereocenters. The first-order valence-electron chi connectivity index (χ1n) is 6.86. The molecule has 2 N–H and O–H groups in total. The lowest BCUT2D eigenvalue weighted by Gasteiger charge is -2.14. The highest BCUT2D eigenvalue weighted by molar-refractivity contribution is 7.07. The number of aromatic nitrogens is 1. The van der Waals surface area contributed by atoms with Crippen LogP contribution in [0.3, 0.4) is 0 Å². The number of phenolic OH excluding ortho intramolecular Hbond substituents is 2. The van der Waals surface area contributed by atoms with Gasteiger partial charge in [0, 0.05) is 10.9 Å². The zero-order valence-corrected chi connectivity index (χ0v) is 11.9. The van der Waals surface area contributed by atoms with Gasteiger partial charge in [-0.2, -0.15) is 0 Å². The molecule has 2 aromatic rings. The second-order valence-electron chi connectivity index (χ2n) is 5.20. The van der Waals surface area contributed by atoms with E-state index in [1.54, 1.807) is 17.6 Å². The Morgan fingerprint density at radius 3 is 2.40 bits per heavy atom. The number of hydrogen-bond donors (Lipinski definition) is 2. The van der Waals surface area contributed by atoms with E-state index < -0.39 is 0 Å². The van der Waals surface area contributed by atoms with Crippen LogP contribution in [0.25, 0.3) is 12.2 Å². The summed E-state index contributed by atoms with van der Waals surface area (Å²) in [4.78, 5) is 4.16. The number of phenols is 2. The predicted molar refractivity (Wildman–Crippen MR) is 82.0 cm³/mol. The molecule has 0 radical (unpaired) electrons. The molecule has 1 fully saturated rings. The Morgan fingerprint density at radius 2 is 1.80 bits per heavy atom. The van der Waals surface area contributed by atoms with Gasteiger partial charge in [0.25, 0.3) is 0 Å². The molecule has 1 aromatic carbocycles. The SMILES string of the molecule is Oc1cc(C=Cc2cscn2)cc(O)c1C1CCCC1. The lowest BCUT2D eigenvalue weighted by molar-refractivity contribution is 0.428. The summed E-state index contributed by atoms with van der Waals surface area (Å²) in [6.45, 7) is 0. The van der Waals surface area contributed by atoms with E-state index in [1.165, 1.54) is 24.2 Å². The quantitative estimate of drug-likeness (QED) is 0.880. The minimum Gasteiger partial charge on any atom is -0.507 e. The van der Waals surface area contributed by atoms with Crippen molar-refractivity contribution in [1.29, 1.82) is 0 Å². The Morgan fingerprint density at radius 1 is 1.10 bits per heavy atom. The molecule has 0 bridgehead atoms. The summed E-state index contributed by atoms with van der Waals surface area (Å²) in [6, 6.07) is 3.44. The smallest absolute Gasteiger partial charge is 0.123 e. The lowest BCUT2D eigenvalue weighted by atomic mass is 9.94. The highest BCUT2D eigenvalue weighted by atomic mass is 32.1. The van der Waals surface area contributed by atoms with E-state index in [2.05, 4.69) is 4.98 Å². The van der Waals surface area contributed by atoms with Crippen LogP contribution in [0.15, 0.2) is 23.0 Å². The molecule has 1 heterocycles. The summed E-state index contributed by atoms with van der Waals surface area (Å²) in [5.41, 5.74) is 4.16. The standard InChI is InChI=1S/C16H17NO2S/c18-14-7-11(5-6-13-9-20-10-17-13)8-15(19)16(14)12-3-1-2-4-12/h5-10,12,18-19H,1-4H2. The van der Waals surface area contributed by atoms with Crippen LogP contribution in [0, 0.1) is 0 Å². The molecule has 1 aromatic heterocycles. The van der Waals surface area contributed by atoms with Gasteiger partial charge in [-0.3, -0.25) is 0 Å². The van der Waals surface area contributed by atoms with Crippen LogP contribution >= 0.6 is 11.3 Å². The molecule has 0 spiro atoms. The van der Waals surface area contributed by atoms with Gasteiger partial charge < -0.3 is 10.2 Å². The van der Waals surface area contributed by atoms with Gasteiger partial charge in [-0.15, -0.1) is 11.3 Å². The van der Waals surface area contributed by atoms with Gasteiger partial charge in [0.2, 0.25) is 0 Å². The normalized spacial score (nSPS) is 16.2. The average Bonchev–Trinajstić information content (AvgIpc) is 3.09. The van der Waals surface area contributed by atoms with Crippen molar-refractivity contribution >= 4 is 23.5 Å². The highest BCUT2D eigenvalue weighted by Crippen LogP contribution is 2.43. The third-order valence-electron chi connectivity index (χ3n) is 3.82. The van der Waals surface area contributed by atoms with Crippen molar-refractivity contribution in [3.8, 4) is 11.5 Å². The maximum absolute atomic E-state index is 10.2. The fourth-order valence-electron chi connectivity index (χ4n) is 2.86. The maximum atomic E-state index is 10.2. The Hall–Kier alpha value is -1.81. The lowest BCUT2D eigenvalue weighted by Crippen LogP contribution is -1.94. The molecule has 3 rings (SSSR count). The molecule has 0 amide bonds. The van der Waals surface area contributed by atoms with E-state index in [1.807, 2.05) is 17.5 Å². The summed E-state index contributed by atoms with van der Waals surface area (Å²) < 4.78 is 0. The Bertz CT molecular complexity index is 590. The van der Waals surface area contributed by atoms with Crippen LogP contribution in [0.4, 0.5) is 0 Å². The molecule has 4 heteroatoms. The minimum absolute atomic E-state index is 0.204. The van der Waals surface area contributed by atoms with E-state index in [-0.39, 0.29) is 11.5 Å². The highest BCUT2D eigenvalue weighted by Gasteiger charge is 2.23. The summed E-state index contributed by atoms with van der Waals surface area (Å²) in [5.74, 6) is 0.705. The topological polar surface area (TPSA) is 53.4 Å². The summed E-state index contributed by atoms with van der Waals surface area (Å²) in [5, 5.41) is 22.3. The van der Waals surface area contributed by atoms with E-state index in [4.69, 9.17) is 0 Å². The van der Waals surface area contributed by atoms with Crippen LogP contribution in [0.2, 0.25) is 0 Å². The zero-order chi connectivity index (χ0) is 13.9.